The molecule has 1 heterocycles. The fourth-order valence-electron chi connectivity index (χ4n) is 2.89. The van der Waals surface area contributed by atoms with Crippen LogP contribution < -0.4 is 4.90 Å². The average Bonchev–Trinajstić information content (AvgIpc) is 2.36. The summed E-state index contributed by atoms with van der Waals surface area (Å²) < 4.78 is 13.3. The number of aliphatic hydroxyl groups is 1. The Morgan fingerprint density at radius 3 is 2.81 bits per heavy atom. The number of hydrogen-bond donors (Lipinski definition) is 1. The Morgan fingerprint density at radius 1 is 1.48 bits per heavy atom. The third-order valence-corrected chi connectivity index (χ3v) is 3.70. The van der Waals surface area contributed by atoms with Gasteiger partial charge in [0.05, 0.1) is 11.6 Å². The molecule has 1 atom stereocenters. The smallest absolute Gasteiger partial charge is 0.244 e. The summed E-state index contributed by atoms with van der Waals surface area (Å²) in [4.78, 5) is 16.2. The Morgan fingerprint density at radius 2 is 2.19 bits per heavy atom. The molecule has 0 spiro atoms. The van der Waals surface area contributed by atoms with Gasteiger partial charge in [-0.05, 0) is 51.9 Å². The van der Waals surface area contributed by atoms with Crippen molar-refractivity contribution in [2.24, 2.45) is 0 Å². The van der Waals surface area contributed by atoms with Crippen molar-refractivity contribution in [3.05, 3.63) is 30.1 Å². The van der Waals surface area contributed by atoms with Gasteiger partial charge in [-0.25, -0.2) is 4.39 Å². The van der Waals surface area contributed by atoms with Gasteiger partial charge >= 0.3 is 0 Å². The van der Waals surface area contributed by atoms with E-state index in [0.29, 0.717) is 18.8 Å². The number of halogens is 1. The lowest BCUT2D eigenvalue weighted by molar-refractivity contribution is -0.125. The Balaban J connectivity index is 2.15. The van der Waals surface area contributed by atoms with Gasteiger partial charge in [-0.2, -0.15) is 0 Å². The first kappa shape index (κ1) is 15.9. The van der Waals surface area contributed by atoms with Gasteiger partial charge in [-0.15, -0.1) is 0 Å². The minimum atomic E-state index is -0.851. The van der Waals surface area contributed by atoms with E-state index in [-0.39, 0.29) is 17.8 Å². The van der Waals surface area contributed by atoms with Crippen LogP contribution in [0, 0.1) is 5.82 Å². The zero-order valence-corrected chi connectivity index (χ0v) is 12.8. The van der Waals surface area contributed by atoms with E-state index in [4.69, 9.17) is 0 Å². The highest BCUT2D eigenvalue weighted by Gasteiger charge is 2.34. The maximum Gasteiger partial charge on any atom is 0.244 e. The van der Waals surface area contributed by atoms with Gasteiger partial charge in [0.25, 0.3) is 0 Å². The Kier molecular flexibility index (Phi) is 4.64. The molecule has 5 heteroatoms. The molecule has 0 aliphatic carbocycles. The van der Waals surface area contributed by atoms with E-state index in [0.717, 1.165) is 12.8 Å². The summed E-state index contributed by atoms with van der Waals surface area (Å²) in [6.07, 6.45) is 1.63. The molecular weight excluding hydrogens is 271 g/mol. The number of benzene rings is 1. The lowest BCUT2D eigenvalue weighted by atomic mass is 10.0. The molecule has 0 saturated carbocycles. The van der Waals surface area contributed by atoms with Crippen LogP contribution in [0.4, 0.5) is 10.1 Å². The van der Waals surface area contributed by atoms with E-state index in [1.165, 1.54) is 12.1 Å². The summed E-state index contributed by atoms with van der Waals surface area (Å²) in [6, 6.07) is 5.85. The van der Waals surface area contributed by atoms with Gasteiger partial charge in [0.1, 0.15) is 5.82 Å². The van der Waals surface area contributed by atoms with Gasteiger partial charge in [0.15, 0.2) is 0 Å². The van der Waals surface area contributed by atoms with Crippen LogP contribution >= 0.6 is 0 Å². The number of hydrogen-bond acceptors (Lipinski definition) is 3. The van der Waals surface area contributed by atoms with Crippen molar-refractivity contribution in [2.75, 3.05) is 25.0 Å². The van der Waals surface area contributed by atoms with Gasteiger partial charge in [0.2, 0.25) is 5.91 Å². The number of nitrogens with zero attached hydrogens (tertiary/aromatic N) is 2. The standard InChI is InChI=1S/C16H23FN2O2/c1-16(2,21)11-18(3)14-8-5-9-19(15(14)20)13-7-4-6-12(17)10-13/h4,6-7,10,14,21H,5,8-9,11H2,1-3H3. The van der Waals surface area contributed by atoms with Crippen LogP contribution in [0.15, 0.2) is 24.3 Å². The van der Waals surface area contributed by atoms with Crippen LogP contribution in [0.1, 0.15) is 26.7 Å². The van der Waals surface area contributed by atoms with Crippen molar-refractivity contribution in [3.8, 4) is 0 Å². The molecule has 1 aliphatic rings. The monoisotopic (exact) mass is 294 g/mol. The quantitative estimate of drug-likeness (QED) is 0.924. The van der Waals surface area contributed by atoms with Crippen molar-refractivity contribution < 1.29 is 14.3 Å². The van der Waals surface area contributed by atoms with Gasteiger partial charge in [-0.1, -0.05) is 6.07 Å². The Labute approximate surface area is 125 Å². The Bertz CT molecular complexity index is 513. The van der Waals surface area contributed by atoms with Crippen LogP contribution in [-0.4, -0.2) is 47.7 Å². The van der Waals surface area contributed by atoms with Crippen molar-refractivity contribution in [3.63, 3.8) is 0 Å². The minimum Gasteiger partial charge on any atom is -0.389 e. The van der Waals surface area contributed by atoms with E-state index in [9.17, 15) is 14.3 Å². The minimum absolute atomic E-state index is 0.0291. The molecule has 0 bridgehead atoms. The molecule has 1 aromatic carbocycles. The molecule has 4 nitrogen and oxygen atoms in total. The molecule has 1 saturated heterocycles. The number of piperidine rings is 1. The lowest BCUT2D eigenvalue weighted by Crippen LogP contribution is -2.54. The predicted octanol–water partition coefficient (Wildman–Crippen LogP) is 2.02. The van der Waals surface area contributed by atoms with E-state index in [1.54, 1.807) is 30.9 Å². The van der Waals surface area contributed by atoms with E-state index >= 15 is 0 Å². The molecular formula is C16H23FN2O2. The second kappa shape index (κ2) is 6.12. The fourth-order valence-corrected chi connectivity index (χ4v) is 2.89. The number of carbonyl (C=O) groups excluding carboxylic acids is 1. The highest BCUT2D eigenvalue weighted by atomic mass is 19.1. The van der Waals surface area contributed by atoms with Gasteiger partial charge in [-0.3, -0.25) is 9.69 Å². The van der Waals surface area contributed by atoms with Gasteiger partial charge < -0.3 is 10.0 Å². The number of anilines is 1. The third kappa shape index (κ3) is 4.02. The molecule has 0 radical (unpaired) electrons. The van der Waals surface area contributed by atoms with E-state index in [1.807, 2.05) is 11.9 Å². The van der Waals surface area contributed by atoms with Crippen LogP contribution in [0.25, 0.3) is 0 Å². The van der Waals surface area contributed by atoms with E-state index < -0.39 is 5.60 Å². The van der Waals surface area contributed by atoms with Crippen molar-refractivity contribution in [2.45, 2.75) is 38.3 Å². The summed E-state index contributed by atoms with van der Waals surface area (Å²) in [7, 11) is 1.84. The number of rotatable bonds is 4. The first-order valence-electron chi connectivity index (χ1n) is 7.27. The normalized spacial score (nSPS) is 20.2. The number of amides is 1. The summed E-state index contributed by atoms with van der Waals surface area (Å²) >= 11 is 0. The number of likely N-dealkylation sites (N-methyl/N-ethyl adjacent to an activating group) is 1. The molecule has 1 aromatic rings. The molecule has 116 valence electrons. The van der Waals surface area contributed by atoms with E-state index in [2.05, 4.69) is 0 Å². The summed E-state index contributed by atoms with van der Waals surface area (Å²) in [5.41, 5.74) is -0.253. The maximum atomic E-state index is 13.3. The van der Waals surface area contributed by atoms with Crippen LogP contribution in [0.3, 0.4) is 0 Å². The molecule has 1 N–H and O–H groups in total. The van der Waals surface area contributed by atoms with Crippen molar-refractivity contribution in [1.82, 2.24) is 4.90 Å². The molecule has 2 rings (SSSR count). The molecule has 1 aliphatic heterocycles. The van der Waals surface area contributed by atoms with Crippen LogP contribution in [0.5, 0.6) is 0 Å². The summed E-state index contributed by atoms with van der Waals surface area (Å²) in [5.74, 6) is -0.370. The third-order valence-electron chi connectivity index (χ3n) is 3.70. The zero-order chi connectivity index (χ0) is 15.6. The maximum absolute atomic E-state index is 13.3. The predicted molar refractivity (Wildman–Crippen MR) is 80.7 cm³/mol. The van der Waals surface area contributed by atoms with Gasteiger partial charge in [0, 0.05) is 18.8 Å². The summed E-state index contributed by atoms with van der Waals surface area (Å²) in [6.45, 7) is 4.47. The highest BCUT2D eigenvalue weighted by molar-refractivity contribution is 5.97. The molecule has 0 aromatic heterocycles. The van der Waals surface area contributed by atoms with Crippen molar-refractivity contribution >= 4 is 11.6 Å². The number of carbonyl (C=O) groups is 1. The van der Waals surface area contributed by atoms with Crippen LogP contribution in [0.2, 0.25) is 0 Å². The topological polar surface area (TPSA) is 43.8 Å². The molecule has 21 heavy (non-hydrogen) atoms. The second-order valence-corrected chi connectivity index (χ2v) is 6.36. The fraction of sp³-hybridized carbons (Fsp3) is 0.562. The molecule has 1 amide bonds. The highest BCUT2D eigenvalue weighted by Crippen LogP contribution is 2.24. The molecule has 1 unspecified atom stereocenters. The summed E-state index contributed by atoms with van der Waals surface area (Å²) in [5, 5.41) is 9.91. The first-order valence-corrected chi connectivity index (χ1v) is 7.27. The molecule has 1 fully saturated rings. The Hall–Kier alpha value is -1.46. The van der Waals surface area contributed by atoms with Crippen molar-refractivity contribution in [1.29, 1.82) is 0 Å². The van der Waals surface area contributed by atoms with Crippen LogP contribution in [-0.2, 0) is 4.79 Å². The first-order chi connectivity index (χ1) is 9.78. The SMILES string of the molecule is CN(CC(C)(C)O)C1CCCN(c2cccc(F)c2)C1=O. The lowest BCUT2D eigenvalue weighted by Gasteiger charge is -2.38. The second-order valence-electron chi connectivity index (χ2n) is 6.36. The average molecular weight is 294 g/mol. The largest absolute Gasteiger partial charge is 0.389 e. The zero-order valence-electron chi connectivity index (χ0n) is 12.8.